The second-order valence-electron chi connectivity index (χ2n) is 4.64. The SMILES string of the molecule is Cc1cc2cc(CNC(=O)c3ccc[nH]3)ccc2[nH]1. The van der Waals surface area contributed by atoms with Gasteiger partial charge in [0.15, 0.2) is 0 Å². The zero-order chi connectivity index (χ0) is 13.2. The van der Waals surface area contributed by atoms with Crippen LogP contribution in [0.4, 0.5) is 0 Å². The number of hydrogen-bond acceptors (Lipinski definition) is 1. The van der Waals surface area contributed by atoms with Crippen molar-refractivity contribution in [2.75, 3.05) is 0 Å². The number of aromatic nitrogens is 2. The van der Waals surface area contributed by atoms with Gasteiger partial charge in [-0.25, -0.2) is 0 Å². The summed E-state index contributed by atoms with van der Waals surface area (Å²) in [7, 11) is 0. The molecule has 0 fully saturated rings. The molecule has 1 amide bonds. The van der Waals surface area contributed by atoms with Gasteiger partial charge in [0.25, 0.3) is 5.91 Å². The summed E-state index contributed by atoms with van der Waals surface area (Å²) in [4.78, 5) is 18.0. The van der Waals surface area contributed by atoms with Crippen LogP contribution in [0.5, 0.6) is 0 Å². The van der Waals surface area contributed by atoms with E-state index in [-0.39, 0.29) is 5.91 Å². The summed E-state index contributed by atoms with van der Waals surface area (Å²) >= 11 is 0. The third-order valence-corrected chi connectivity index (χ3v) is 3.12. The van der Waals surface area contributed by atoms with E-state index in [0.29, 0.717) is 12.2 Å². The Morgan fingerprint density at radius 3 is 2.95 bits per heavy atom. The highest BCUT2D eigenvalue weighted by Crippen LogP contribution is 2.16. The molecule has 3 N–H and O–H groups in total. The number of H-pyrrole nitrogens is 2. The molecule has 3 aromatic rings. The molecule has 0 aliphatic rings. The molecule has 0 saturated carbocycles. The van der Waals surface area contributed by atoms with Crippen molar-refractivity contribution in [3.63, 3.8) is 0 Å². The molecule has 0 atom stereocenters. The fourth-order valence-corrected chi connectivity index (χ4v) is 2.19. The lowest BCUT2D eigenvalue weighted by atomic mass is 10.1. The number of amides is 1. The van der Waals surface area contributed by atoms with Crippen molar-refractivity contribution in [1.82, 2.24) is 15.3 Å². The summed E-state index contributed by atoms with van der Waals surface area (Å²) in [6, 6.07) is 11.8. The fraction of sp³-hybridized carbons (Fsp3) is 0.133. The van der Waals surface area contributed by atoms with E-state index < -0.39 is 0 Å². The normalized spacial score (nSPS) is 10.8. The molecular weight excluding hydrogens is 238 g/mol. The summed E-state index contributed by atoms with van der Waals surface area (Å²) < 4.78 is 0. The molecule has 0 spiro atoms. The molecule has 2 heterocycles. The summed E-state index contributed by atoms with van der Waals surface area (Å²) in [5.41, 5.74) is 3.93. The van der Waals surface area contributed by atoms with Gasteiger partial charge in [-0.2, -0.15) is 0 Å². The highest BCUT2D eigenvalue weighted by atomic mass is 16.1. The predicted molar refractivity (Wildman–Crippen MR) is 75.0 cm³/mol. The number of benzene rings is 1. The maximum Gasteiger partial charge on any atom is 0.267 e. The molecule has 0 radical (unpaired) electrons. The maximum absolute atomic E-state index is 11.8. The molecular formula is C15H15N3O. The Bertz CT molecular complexity index is 710. The van der Waals surface area contributed by atoms with Crippen molar-refractivity contribution in [2.45, 2.75) is 13.5 Å². The van der Waals surface area contributed by atoms with Crippen molar-refractivity contribution in [3.8, 4) is 0 Å². The van der Waals surface area contributed by atoms with Crippen molar-refractivity contribution >= 4 is 16.8 Å². The van der Waals surface area contributed by atoms with Crippen LogP contribution in [0.2, 0.25) is 0 Å². The number of fused-ring (bicyclic) bond motifs is 1. The van der Waals surface area contributed by atoms with Crippen molar-refractivity contribution in [1.29, 1.82) is 0 Å². The Labute approximate surface area is 110 Å². The van der Waals surface area contributed by atoms with Gasteiger partial charge in [0.2, 0.25) is 0 Å². The van der Waals surface area contributed by atoms with Crippen LogP contribution >= 0.6 is 0 Å². The average Bonchev–Trinajstić information content (AvgIpc) is 3.03. The number of carbonyl (C=O) groups is 1. The average molecular weight is 253 g/mol. The minimum absolute atomic E-state index is 0.0876. The number of carbonyl (C=O) groups excluding carboxylic acids is 1. The second-order valence-corrected chi connectivity index (χ2v) is 4.64. The Morgan fingerprint density at radius 2 is 2.16 bits per heavy atom. The van der Waals surface area contributed by atoms with E-state index >= 15 is 0 Å². The minimum Gasteiger partial charge on any atom is -0.359 e. The zero-order valence-electron chi connectivity index (χ0n) is 10.7. The summed E-state index contributed by atoms with van der Waals surface area (Å²) in [5.74, 6) is -0.0876. The van der Waals surface area contributed by atoms with E-state index in [1.165, 1.54) is 5.39 Å². The lowest BCUT2D eigenvalue weighted by Crippen LogP contribution is -2.22. The predicted octanol–water partition coefficient (Wildman–Crippen LogP) is 2.73. The molecule has 0 unspecified atom stereocenters. The summed E-state index contributed by atoms with van der Waals surface area (Å²) in [6.45, 7) is 2.56. The molecule has 1 aromatic carbocycles. The van der Waals surface area contributed by atoms with Crippen LogP contribution in [0.25, 0.3) is 10.9 Å². The smallest absolute Gasteiger partial charge is 0.267 e. The first kappa shape index (κ1) is 11.6. The van der Waals surface area contributed by atoms with E-state index in [2.05, 4.69) is 27.4 Å². The quantitative estimate of drug-likeness (QED) is 0.660. The van der Waals surface area contributed by atoms with Crippen LogP contribution in [0.1, 0.15) is 21.7 Å². The molecule has 0 saturated heterocycles. The van der Waals surface area contributed by atoms with Gasteiger partial charge < -0.3 is 15.3 Å². The highest BCUT2D eigenvalue weighted by Gasteiger charge is 2.05. The monoisotopic (exact) mass is 253 g/mol. The van der Waals surface area contributed by atoms with Gasteiger partial charge in [-0.05, 0) is 48.2 Å². The number of aromatic amines is 2. The lowest BCUT2D eigenvalue weighted by molar-refractivity contribution is 0.0946. The third kappa shape index (κ3) is 2.38. The van der Waals surface area contributed by atoms with Gasteiger partial charge >= 0.3 is 0 Å². The first-order valence-electron chi connectivity index (χ1n) is 6.22. The number of nitrogens with one attached hydrogen (secondary N) is 3. The molecule has 0 aliphatic carbocycles. The van der Waals surface area contributed by atoms with Crippen LogP contribution in [-0.2, 0) is 6.54 Å². The largest absolute Gasteiger partial charge is 0.359 e. The van der Waals surface area contributed by atoms with Gasteiger partial charge in [-0.1, -0.05) is 6.07 Å². The maximum atomic E-state index is 11.8. The van der Waals surface area contributed by atoms with Gasteiger partial charge in [0, 0.05) is 24.0 Å². The topological polar surface area (TPSA) is 60.7 Å². The van der Waals surface area contributed by atoms with Crippen LogP contribution in [-0.4, -0.2) is 15.9 Å². The molecule has 2 aromatic heterocycles. The second kappa shape index (κ2) is 4.65. The van der Waals surface area contributed by atoms with Gasteiger partial charge in [-0.15, -0.1) is 0 Å². The molecule has 4 heteroatoms. The van der Waals surface area contributed by atoms with E-state index in [9.17, 15) is 4.79 Å². The molecule has 0 aliphatic heterocycles. The van der Waals surface area contributed by atoms with Crippen LogP contribution in [0.15, 0.2) is 42.6 Å². The Kier molecular flexibility index (Phi) is 2.83. The molecule has 19 heavy (non-hydrogen) atoms. The Hall–Kier alpha value is -2.49. The first-order chi connectivity index (χ1) is 9.22. The fourth-order valence-electron chi connectivity index (χ4n) is 2.19. The highest BCUT2D eigenvalue weighted by molar-refractivity contribution is 5.92. The summed E-state index contributed by atoms with van der Waals surface area (Å²) in [5, 5.41) is 4.06. The third-order valence-electron chi connectivity index (χ3n) is 3.12. The lowest BCUT2D eigenvalue weighted by Gasteiger charge is -2.04. The molecule has 0 bridgehead atoms. The van der Waals surface area contributed by atoms with E-state index in [1.54, 1.807) is 12.3 Å². The number of aryl methyl sites for hydroxylation is 1. The summed E-state index contributed by atoms with van der Waals surface area (Å²) in [6.07, 6.45) is 1.74. The molecule has 96 valence electrons. The minimum atomic E-state index is -0.0876. The van der Waals surface area contributed by atoms with E-state index in [1.807, 2.05) is 25.1 Å². The standard InChI is InChI=1S/C15H15N3O/c1-10-7-12-8-11(4-5-13(12)18-10)9-17-15(19)14-3-2-6-16-14/h2-8,16,18H,9H2,1H3,(H,17,19). The Morgan fingerprint density at radius 1 is 1.26 bits per heavy atom. The van der Waals surface area contributed by atoms with Crippen LogP contribution in [0, 0.1) is 6.92 Å². The van der Waals surface area contributed by atoms with E-state index in [0.717, 1.165) is 16.8 Å². The Balaban J connectivity index is 1.73. The zero-order valence-corrected chi connectivity index (χ0v) is 10.7. The van der Waals surface area contributed by atoms with Crippen LogP contribution < -0.4 is 5.32 Å². The van der Waals surface area contributed by atoms with Gasteiger partial charge in [-0.3, -0.25) is 4.79 Å². The van der Waals surface area contributed by atoms with Gasteiger partial charge in [0.05, 0.1) is 0 Å². The van der Waals surface area contributed by atoms with Gasteiger partial charge in [0.1, 0.15) is 5.69 Å². The van der Waals surface area contributed by atoms with Crippen molar-refractivity contribution in [3.05, 3.63) is 59.5 Å². The van der Waals surface area contributed by atoms with Crippen molar-refractivity contribution < 1.29 is 4.79 Å². The first-order valence-corrected chi connectivity index (χ1v) is 6.22. The van der Waals surface area contributed by atoms with Crippen molar-refractivity contribution in [2.24, 2.45) is 0 Å². The molecule has 4 nitrogen and oxygen atoms in total. The molecule has 3 rings (SSSR count). The van der Waals surface area contributed by atoms with Crippen LogP contribution in [0.3, 0.4) is 0 Å². The number of rotatable bonds is 3. The van der Waals surface area contributed by atoms with E-state index in [4.69, 9.17) is 0 Å². The number of hydrogen-bond donors (Lipinski definition) is 3.